The van der Waals surface area contributed by atoms with Crippen LogP contribution in [0, 0.1) is 11.3 Å². The number of carbonyl (C=O) groups excluding carboxylic acids is 2. The Bertz CT molecular complexity index is 1110. The maximum Gasteiger partial charge on any atom is 0.348 e. The van der Waals surface area contributed by atoms with Crippen LogP contribution in [0.15, 0.2) is 60.2 Å². The molecule has 0 aliphatic rings. The van der Waals surface area contributed by atoms with Crippen molar-refractivity contribution in [2.45, 2.75) is 12.8 Å². The van der Waals surface area contributed by atoms with Crippen molar-refractivity contribution in [3.8, 4) is 6.07 Å². The summed E-state index contributed by atoms with van der Waals surface area (Å²) < 4.78 is 4.96. The van der Waals surface area contributed by atoms with E-state index in [1.807, 2.05) is 60.7 Å². The number of para-hydroxylation sites is 1. The molecule has 2 aromatic carbocycles. The number of aromatic nitrogens is 1. The number of benzene rings is 2. The molecule has 0 saturated heterocycles. The van der Waals surface area contributed by atoms with E-state index in [1.165, 1.54) is 6.08 Å². The first-order chi connectivity index (χ1) is 14.1. The highest BCUT2D eigenvalue weighted by molar-refractivity contribution is 6.29. The van der Waals surface area contributed by atoms with Crippen molar-refractivity contribution in [1.82, 2.24) is 4.98 Å². The average molecular weight is 407 g/mol. The number of rotatable bonds is 7. The van der Waals surface area contributed by atoms with Gasteiger partial charge in [0.2, 0.25) is 0 Å². The molecule has 0 aliphatic carbocycles. The molecule has 0 spiro atoms. The highest BCUT2D eigenvalue weighted by atomic mass is 35.5. The number of halogens is 1. The molecule has 1 atom stereocenters. The van der Waals surface area contributed by atoms with Crippen molar-refractivity contribution in [3.05, 3.63) is 77.0 Å². The van der Waals surface area contributed by atoms with Crippen LogP contribution in [0.4, 0.5) is 0 Å². The zero-order valence-electron chi connectivity index (χ0n) is 15.8. The van der Waals surface area contributed by atoms with Crippen LogP contribution < -0.4 is 0 Å². The zero-order chi connectivity index (χ0) is 20.8. The van der Waals surface area contributed by atoms with E-state index in [4.69, 9.17) is 16.3 Å². The van der Waals surface area contributed by atoms with Crippen LogP contribution in [-0.2, 0) is 14.3 Å². The van der Waals surface area contributed by atoms with Gasteiger partial charge < -0.3 is 9.72 Å². The number of alkyl halides is 1. The molecule has 29 heavy (non-hydrogen) atoms. The van der Waals surface area contributed by atoms with Gasteiger partial charge in [-0.2, -0.15) is 5.26 Å². The lowest BCUT2D eigenvalue weighted by Gasteiger charge is -2.16. The predicted molar refractivity (Wildman–Crippen MR) is 113 cm³/mol. The molecule has 0 amide bonds. The van der Waals surface area contributed by atoms with Gasteiger partial charge in [-0.3, -0.25) is 4.79 Å². The van der Waals surface area contributed by atoms with Gasteiger partial charge in [0.25, 0.3) is 0 Å². The first kappa shape index (κ1) is 20.4. The molecule has 1 N–H and O–H groups in total. The quantitative estimate of drug-likeness (QED) is 0.269. The van der Waals surface area contributed by atoms with Crippen LogP contribution in [0.5, 0.6) is 0 Å². The molecular formula is C23H19ClN2O3. The van der Waals surface area contributed by atoms with E-state index < -0.39 is 11.9 Å². The summed E-state index contributed by atoms with van der Waals surface area (Å²) in [4.78, 5) is 28.2. The Morgan fingerprint density at radius 1 is 1.17 bits per heavy atom. The third kappa shape index (κ3) is 4.23. The minimum Gasteiger partial charge on any atom is -0.462 e. The third-order valence-electron chi connectivity index (χ3n) is 4.56. The Kier molecular flexibility index (Phi) is 6.48. The van der Waals surface area contributed by atoms with Crippen molar-refractivity contribution >= 4 is 40.3 Å². The summed E-state index contributed by atoms with van der Waals surface area (Å²) in [5, 5.41) is 10.3. The van der Waals surface area contributed by atoms with Crippen LogP contribution in [0.1, 0.15) is 29.7 Å². The second-order valence-corrected chi connectivity index (χ2v) is 6.60. The molecular weight excluding hydrogens is 388 g/mol. The average Bonchev–Trinajstić information content (AvgIpc) is 3.11. The monoisotopic (exact) mass is 406 g/mol. The number of nitriles is 1. The number of Topliss-reactive ketones (excluding diaryl/α,β-unsaturated/α-hetero) is 1. The molecule has 0 fully saturated rings. The van der Waals surface area contributed by atoms with E-state index in [2.05, 4.69) is 4.98 Å². The molecule has 1 heterocycles. The lowest BCUT2D eigenvalue weighted by molar-refractivity contribution is -0.137. The number of esters is 1. The Labute approximate surface area is 173 Å². The van der Waals surface area contributed by atoms with Gasteiger partial charge in [-0.05, 0) is 30.2 Å². The van der Waals surface area contributed by atoms with Gasteiger partial charge in [-0.1, -0.05) is 48.5 Å². The van der Waals surface area contributed by atoms with Gasteiger partial charge in [-0.15, -0.1) is 11.6 Å². The van der Waals surface area contributed by atoms with E-state index in [-0.39, 0.29) is 23.8 Å². The number of fused-ring (bicyclic) bond motifs is 1. The molecule has 0 radical (unpaired) electrons. The molecule has 3 rings (SSSR count). The van der Waals surface area contributed by atoms with Gasteiger partial charge in [0, 0.05) is 16.6 Å². The predicted octanol–water partition coefficient (Wildman–Crippen LogP) is 4.58. The highest BCUT2D eigenvalue weighted by Gasteiger charge is 2.28. The van der Waals surface area contributed by atoms with E-state index in [1.54, 1.807) is 6.92 Å². The van der Waals surface area contributed by atoms with Gasteiger partial charge in [-0.25, -0.2) is 4.79 Å². The van der Waals surface area contributed by atoms with Crippen molar-refractivity contribution in [1.29, 1.82) is 5.26 Å². The number of ketones is 1. The largest absolute Gasteiger partial charge is 0.462 e. The van der Waals surface area contributed by atoms with Crippen LogP contribution in [0.25, 0.3) is 17.0 Å². The van der Waals surface area contributed by atoms with Crippen LogP contribution in [0.2, 0.25) is 0 Å². The summed E-state index contributed by atoms with van der Waals surface area (Å²) in [5.41, 5.74) is 2.60. The lowest BCUT2D eigenvalue weighted by atomic mass is 9.86. The lowest BCUT2D eigenvalue weighted by Crippen LogP contribution is -2.16. The summed E-state index contributed by atoms with van der Waals surface area (Å²) in [6, 6.07) is 18.7. The number of carbonyl (C=O) groups is 2. The van der Waals surface area contributed by atoms with E-state index >= 15 is 0 Å². The zero-order valence-corrected chi connectivity index (χ0v) is 16.6. The second kappa shape index (κ2) is 9.22. The minimum atomic E-state index is -0.709. The summed E-state index contributed by atoms with van der Waals surface area (Å²) in [6.45, 7) is 1.83. The number of nitrogens with one attached hydrogen (secondary N) is 1. The summed E-state index contributed by atoms with van der Waals surface area (Å²) in [6.07, 6.45) is 1.44. The first-order valence-corrected chi connectivity index (χ1v) is 9.67. The van der Waals surface area contributed by atoms with Crippen molar-refractivity contribution in [2.24, 2.45) is 0 Å². The van der Waals surface area contributed by atoms with Crippen LogP contribution in [-0.4, -0.2) is 29.2 Å². The fourth-order valence-corrected chi connectivity index (χ4v) is 3.49. The number of hydrogen-bond acceptors (Lipinski definition) is 4. The maximum atomic E-state index is 12.9. The van der Waals surface area contributed by atoms with E-state index in [0.717, 1.165) is 16.5 Å². The van der Waals surface area contributed by atoms with Crippen LogP contribution in [0.3, 0.4) is 0 Å². The molecule has 6 heteroatoms. The summed E-state index contributed by atoms with van der Waals surface area (Å²) >= 11 is 5.94. The first-order valence-electron chi connectivity index (χ1n) is 9.13. The molecule has 146 valence electrons. The minimum absolute atomic E-state index is 0.148. The molecule has 0 aliphatic heterocycles. The molecule has 0 bridgehead atoms. The Morgan fingerprint density at radius 2 is 1.86 bits per heavy atom. The number of H-pyrrole nitrogens is 1. The fourth-order valence-electron chi connectivity index (χ4n) is 3.34. The third-order valence-corrected chi connectivity index (χ3v) is 4.82. The molecule has 1 unspecified atom stereocenters. The van der Waals surface area contributed by atoms with Gasteiger partial charge in [0.15, 0.2) is 5.78 Å². The Morgan fingerprint density at radius 3 is 2.52 bits per heavy atom. The molecule has 0 saturated carbocycles. The van der Waals surface area contributed by atoms with Gasteiger partial charge in [0.1, 0.15) is 11.6 Å². The summed E-state index contributed by atoms with van der Waals surface area (Å²) in [5.74, 6) is -1.68. The molecule has 3 aromatic rings. The van der Waals surface area contributed by atoms with Crippen molar-refractivity contribution in [3.63, 3.8) is 0 Å². The standard InChI is InChI=1S/C23H19ClN2O3/c1-2-29-23(28)16(14-25)12-19-22(17-10-6-7-11-18(17)26-19)21(20(27)13-24)15-8-4-3-5-9-15/h3-12,21,26H,2,13H2,1H3/b16-12-. The Hall–Kier alpha value is -3.36. The normalized spacial score (nSPS) is 12.4. The van der Waals surface area contributed by atoms with E-state index in [0.29, 0.717) is 11.3 Å². The number of hydrogen-bond donors (Lipinski definition) is 1. The van der Waals surface area contributed by atoms with Gasteiger partial charge >= 0.3 is 5.97 Å². The number of aromatic amines is 1. The summed E-state index contributed by atoms with van der Waals surface area (Å²) in [7, 11) is 0. The second-order valence-electron chi connectivity index (χ2n) is 6.33. The molecule has 1 aromatic heterocycles. The van der Waals surface area contributed by atoms with Gasteiger partial charge in [0.05, 0.1) is 18.4 Å². The SMILES string of the molecule is CCOC(=O)/C(C#N)=C\c1[nH]c2ccccc2c1C(C(=O)CCl)c1ccccc1. The smallest absolute Gasteiger partial charge is 0.348 e. The highest BCUT2D eigenvalue weighted by Crippen LogP contribution is 2.36. The Balaban J connectivity index is 2.28. The molecule has 5 nitrogen and oxygen atoms in total. The van der Waals surface area contributed by atoms with Crippen LogP contribution >= 0.6 is 11.6 Å². The number of nitrogens with zero attached hydrogens (tertiary/aromatic N) is 1. The topological polar surface area (TPSA) is 82.9 Å². The van der Waals surface area contributed by atoms with Crippen molar-refractivity contribution < 1.29 is 14.3 Å². The van der Waals surface area contributed by atoms with Crippen molar-refractivity contribution in [2.75, 3.05) is 12.5 Å². The number of ether oxygens (including phenoxy) is 1. The van der Waals surface area contributed by atoms with E-state index in [9.17, 15) is 14.9 Å². The maximum absolute atomic E-state index is 12.9. The fraction of sp³-hybridized carbons (Fsp3) is 0.174.